The summed E-state index contributed by atoms with van der Waals surface area (Å²) in [6.45, 7) is 0. The summed E-state index contributed by atoms with van der Waals surface area (Å²) in [6, 6.07) is 1.12. The minimum Gasteiger partial charge on any atom is -0.402 e. The second kappa shape index (κ2) is 5.37. The van der Waals surface area contributed by atoms with E-state index in [1.807, 2.05) is 4.57 Å². The maximum Gasteiger partial charge on any atom is 0.573 e. The van der Waals surface area contributed by atoms with E-state index in [2.05, 4.69) is 14.7 Å². The quantitative estimate of drug-likeness (QED) is 0.754. The lowest BCUT2D eigenvalue weighted by Crippen LogP contribution is -2.70. The summed E-state index contributed by atoms with van der Waals surface area (Å²) in [6.07, 6.45) is 0.135. The number of alkyl halides is 4. The molecule has 3 N–H and O–H groups in total. The lowest BCUT2D eigenvalue weighted by Gasteiger charge is -2.66. The lowest BCUT2D eigenvalue weighted by molar-refractivity contribution is -0.274. The number of halogens is 4. The number of hydrogen-bond donors (Lipinski definition) is 2. The van der Waals surface area contributed by atoms with Crippen LogP contribution in [0.15, 0.2) is 18.5 Å². The molecule has 6 nitrogen and oxygen atoms in total. The van der Waals surface area contributed by atoms with E-state index in [9.17, 15) is 22.7 Å². The summed E-state index contributed by atoms with van der Waals surface area (Å²) in [5.74, 6) is -0.474. The first-order valence-corrected chi connectivity index (χ1v) is 9.06. The summed E-state index contributed by atoms with van der Waals surface area (Å²) in [5.41, 5.74) is 4.56. The number of imidazole rings is 1. The van der Waals surface area contributed by atoms with Gasteiger partial charge in [0.1, 0.15) is 17.6 Å². The van der Waals surface area contributed by atoms with Crippen molar-refractivity contribution in [3.63, 3.8) is 0 Å². The molecule has 10 heteroatoms. The minimum atomic E-state index is -4.90. The summed E-state index contributed by atoms with van der Waals surface area (Å²) in [4.78, 5) is 8.25. The maximum absolute atomic E-state index is 14.0. The molecule has 2 aromatic heterocycles. The number of pyridine rings is 1. The third-order valence-electron chi connectivity index (χ3n) is 5.92. The minimum absolute atomic E-state index is 0.106. The van der Waals surface area contributed by atoms with Crippen molar-refractivity contribution in [2.45, 2.75) is 55.8 Å². The van der Waals surface area contributed by atoms with Crippen LogP contribution in [0, 0.1) is 5.92 Å². The second-order valence-electron chi connectivity index (χ2n) is 8.20. The van der Waals surface area contributed by atoms with E-state index in [1.54, 1.807) is 6.20 Å². The van der Waals surface area contributed by atoms with Gasteiger partial charge in [0.05, 0.1) is 11.2 Å². The first-order chi connectivity index (χ1) is 13.1. The maximum atomic E-state index is 14.0. The number of nitrogens with two attached hydrogens (primary N) is 1. The van der Waals surface area contributed by atoms with Gasteiger partial charge in [0.2, 0.25) is 0 Å². The van der Waals surface area contributed by atoms with Gasteiger partial charge in [-0.15, -0.1) is 13.2 Å². The van der Waals surface area contributed by atoms with Crippen molar-refractivity contribution in [3.05, 3.63) is 24.3 Å². The highest BCUT2D eigenvalue weighted by atomic mass is 19.4. The zero-order valence-corrected chi connectivity index (χ0v) is 14.7. The van der Waals surface area contributed by atoms with Gasteiger partial charge in [-0.05, 0) is 24.8 Å². The van der Waals surface area contributed by atoms with Gasteiger partial charge in [-0.25, -0.2) is 14.4 Å². The molecule has 4 aliphatic rings. The Kier molecular flexibility index (Phi) is 3.40. The van der Waals surface area contributed by atoms with Crippen LogP contribution >= 0.6 is 0 Å². The Morgan fingerprint density at radius 1 is 1.29 bits per heavy atom. The van der Waals surface area contributed by atoms with Crippen LogP contribution in [0.3, 0.4) is 0 Å². The van der Waals surface area contributed by atoms with E-state index in [0.29, 0.717) is 30.8 Å². The molecular weight excluding hydrogens is 380 g/mol. The molecule has 0 spiro atoms. The number of anilines is 1. The van der Waals surface area contributed by atoms with Crippen LogP contribution in [0.4, 0.5) is 23.4 Å². The summed E-state index contributed by atoms with van der Waals surface area (Å²) >= 11 is 0. The van der Waals surface area contributed by atoms with Gasteiger partial charge in [0, 0.05) is 37.2 Å². The molecule has 0 saturated heterocycles. The molecule has 28 heavy (non-hydrogen) atoms. The Morgan fingerprint density at radius 3 is 2.54 bits per heavy atom. The van der Waals surface area contributed by atoms with E-state index in [0.717, 1.165) is 18.9 Å². The van der Waals surface area contributed by atoms with Gasteiger partial charge in [-0.1, -0.05) is 0 Å². The smallest absolute Gasteiger partial charge is 0.402 e. The van der Waals surface area contributed by atoms with Crippen LogP contribution in [-0.4, -0.2) is 31.7 Å². The van der Waals surface area contributed by atoms with E-state index in [-0.39, 0.29) is 11.5 Å². The normalized spacial score (nSPS) is 29.8. The van der Waals surface area contributed by atoms with Crippen molar-refractivity contribution in [2.24, 2.45) is 5.92 Å². The van der Waals surface area contributed by atoms with Crippen LogP contribution in [-0.2, 0) is 5.54 Å². The van der Waals surface area contributed by atoms with Gasteiger partial charge in [0.15, 0.2) is 11.6 Å². The van der Waals surface area contributed by atoms with Crippen LogP contribution in [0.1, 0.15) is 44.0 Å². The van der Waals surface area contributed by atoms with Crippen LogP contribution in [0.25, 0.3) is 11.3 Å². The molecule has 0 unspecified atom stereocenters. The molecule has 0 amide bonds. The predicted molar refractivity (Wildman–Crippen MR) is 89.9 cm³/mol. The first-order valence-electron chi connectivity index (χ1n) is 9.06. The van der Waals surface area contributed by atoms with Gasteiger partial charge in [-0.3, -0.25) is 0 Å². The number of rotatable bonds is 5. The Labute approximate surface area is 157 Å². The largest absolute Gasteiger partial charge is 0.573 e. The Hall–Kier alpha value is -2.36. The number of aliphatic hydroxyl groups excluding tert-OH is 1. The zero-order chi connectivity index (χ0) is 19.9. The molecule has 150 valence electrons. The van der Waals surface area contributed by atoms with Crippen molar-refractivity contribution in [1.82, 2.24) is 14.5 Å². The van der Waals surface area contributed by atoms with E-state index >= 15 is 0 Å². The highest BCUT2D eigenvalue weighted by molar-refractivity contribution is 5.64. The molecule has 2 aromatic rings. The van der Waals surface area contributed by atoms with Gasteiger partial charge < -0.3 is 20.1 Å². The molecule has 6 rings (SSSR count). The number of ether oxygens (including phenoxy) is 1. The van der Waals surface area contributed by atoms with Crippen molar-refractivity contribution in [1.29, 1.82) is 0 Å². The fourth-order valence-corrected chi connectivity index (χ4v) is 4.42. The highest BCUT2D eigenvalue weighted by Gasteiger charge is 2.71. The summed E-state index contributed by atoms with van der Waals surface area (Å²) in [7, 11) is 0. The molecule has 2 bridgehead atoms. The average Bonchev–Trinajstić information content (AvgIpc) is 3.30. The Morgan fingerprint density at radius 2 is 1.96 bits per heavy atom. The summed E-state index contributed by atoms with van der Waals surface area (Å²) < 4.78 is 57.5. The molecule has 0 aromatic carbocycles. The number of nitrogens with zero attached hydrogens (tertiary/aromatic N) is 3. The average molecular weight is 398 g/mol. The Balaban J connectivity index is 1.53. The van der Waals surface area contributed by atoms with Crippen molar-refractivity contribution in [3.8, 4) is 17.0 Å². The third-order valence-corrected chi connectivity index (χ3v) is 5.92. The Bertz CT molecular complexity index is 934. The molecular formula is C18H18F4N4O2. The van der Waals surface area contributed by atoms with E-state index < -0.39 is 35.2 Å². The second-order valence-corrected chi connectivity index (χ2v) is 8.20. The first kappa shape index (κ1) is 17.7. The number of aliphatic hydroxyl groups is 1. The third kappa shape index (κ3) is 2.73. The molecule has 0 aliphatic heterocycles. The molecule has 1 atom stereocenters. The zero-order valence-electron chi connectivity index (χ0n) is 14.7. The van der Waals surface area contributed by atoms with Gasteiger partial charge in [0.25, 0.3) is 0 Å². The molecule has 2 heterocycles. The van der Waals surface area contributed by atoms with Crippen molar-refractivity contribution in [2.75, 3.05) is 5.73 Å². The van der Waals surface area contributed by atoms with E-state index in [1.165, 1.54) is 6.20 Å². The van der Waals surface area contributed by atoms with E-state index in [4.69, 9.17) is 5.73 Å². The van der Waals surface area contributed by atoms with Crippen molar-refractivity contribution >= 4 is 5.82 Å². The number of aromatic nitrogens is 3. The van der Waals surface area contributed by atoms with Gasteiger partial charge >= 0.3 is 6.36 Å². The molecule has 0 radical (unpaired) electrons. The molecule has 4 fully saturated rings. The van der Waals surface area contributed by atoms with Crippen LogP contribution in [0.5, 0.6) is 5.75 Å². The van der Waals surface area contributed by atoms with Gasteiger partial charge in [-0.2, -0.15) is 0 Å². The lowest BCUT2D eigenvalue weighted by atomic mass is 9.47. The van der Waals surface area contributed by atoms with Crippen molar-refractivity contribution < 1.29 is 27.4 Å². The summed E-state index contributed by atoms with van der Waals surface area (Å²) in [5, 5.41) is 10.6. The SMILES string of the molecule is Nc1ncc(-c2cn(C34CC(F)(C3)C4)c([C@H](O)C3CC3)n2)cc1OC(F)(F)F. The molecule has 4 saturated carbocycles. The number of hydrogen-bond acceptors (Lipinski definition) is 5. The fraction of sp³-hybridized carbons (Fsp3) is 0.556. The number of nitrogen functional groups attached to an aromatic ring is 1. The van der Waals surface area contributed by atoms with Crippen LogP contribution in [0.2, 0.25) is 0 Å². The monoisotopic (exact) mass is 398 g/mol. The standard InChI is InChI=1S/C18H18F4N4O2/c19-16-6-17(7-16,8-16)26-5-11(25-15(26)13(27)9-1-2-9)10-3-12(14(23)24-4-10)28-18(20,21)22/h3-5,9,13,27H,1-2,6-8H2,(H2,23,24)/t13-,16?,17?/m1/s1. The fourth-order valence-electron chi connectivity index (χ4n) is 4.42. The predicted octanol–water partition coefficient (Wildman–Crippen LogP) is 3.47. The van der Waals surface area contributed by atoms with Crippen LogP contribution < -0.4 is 10.5 Å². The molecule has 4 aliphatic carbocycles. The highest BCUT2D eigenvalue weighted by Crippen LogP contribution is 2.68. The topological polar surface area (TPSA) is 86.2 Å².